The van der Waals surface area contributed by atoms with Crippen LogP contribution < -0.4 is 0 Å². The minimum Gasteiger partial charge on any atom is -0.0622 e. The first-order valence-electron chi connectivity index (χ1n) is 18.2. The summed E-state index contributed by atoms with van der Waals surface area (Å²) in [5.41, 5.74) is 13.1. The summed E-state index contributed by atoms with van der Waals surface area (Å²) in [5.74, 6) is 0. The van der Waals surface area contributed by atoms with Gasteiger partial charge in [-0.3, -0.25) is 0 Å². The molecule has 10 rings (SSSR count). The lowest BCUT2D eigenvalue weighted by Gasteiger charge is -2.35. The van der Waals surface area contributed by atoms with Crippen LogP contribution >= 0.6 is 0 Å². The van der Waals surface area contributed by atoms with Crippen molar-refractivity contribution in [3.05, 3.63) is 214 Å². The summed E-state index contributed by atoms with van der Waals surface area (Å²) < 4.78 is 0. The molecule has 9 aromatic rings. The van der Waals surface area contributed by atoms with E-state index in [0.717, 1.165) is 12.8 Å². The second-order valence-corrected chi connectivity index (χ2v) is 14.5. The van der Waals surface area contributed by atoms with E-state index in [2.05, 4.69) is 184 Å². The van der Waals surface area contributed by atoms with Crippen molar-refractivity contribution in [3.63, 3.8) is 0 Å². The van der Waals surface area contributed by atoms with Crippen molar-refractivity contribution in [3.8, 4) is 11.1 Å². The summed E-state index contributed by atoms with van der Waals surface area (Å²) in [6.45, 7) is 4.53. The van der Waals surface area contributed by atoms with Gasteiger partial charge in [-0.05, 0) is 125 Å². The van der Waals surface area contributed by atoms with E-state index >= 15 is 0 Å². The number of fused-ring (bicyclic) bond motifs is 9. The van der Waals surface area contributed by atoms with Crippen molar-refractivity contribution in [1.82, 2.24) is 0 Å². The normalized spacial score (nSPS) is 15.1. The highest BCUT2D eigenvalue weighted by atomic mass is 14.5. The summed E-state index contributed by atoms with van der Waals surface area (Å²) in [7, 11) is 0. The van der Waals surface area contributed by atoms with Crippen molar-refractivity contribution < 1.29 is 0 Å². The van der Waals surface area contributed by atoms with Crippen LogP contribution in [-0.4, -0.2) is 0 Å². The van der Waals surface area contributed by atoms with Gasteiger partial charge in [0.25, 0.3) is 0 Å². The largest absolute Gasteiger partial charge is 0.0719 e. The van der Waals surface area contributed by atoms with Crippen LogP contribution in [-0.2, 0) is 18.3 Å². The van der Waals surface area contributed by atoms with Crippen molar-refractivity contribution in [2.45, 2.75) is 32.1 Å². The molecular weight excluding hydrogens is 613 g/mol. The lowest BCUT2D eigenvalue weighted by atomic mass is 9.66. The van der Waals surface area contributed by atoms with Gasteiger partial charge in [0.2, 0.25) is 0 Å². The van der Waals surface area contributed by atoms with E-state index in [4.69, 9.17) is 0 Å². The van der Waals surface area contributed by atoms with Crippen LogP contribution in [0.1, 0.15) is 44.5 Å². The van der Waals surface area contributed by atoms with Gasteiger partial charge >= 0.3 is 0 Å². The zero-order valence-corrected chi connectivity index (χ0v) is 29.1. The Balaban J connectivity index is 1.19. The molecule has 1 unspecified atom stereocenters. The first kappa shape index (κ1) is 29.9. The lowest BCUT2D eigenvalue weighted by molar-refractivity contribution is 0.773. The molecule has 0 aromatic heterocycles. The molecule has 242 valence electrons. The van der Waals surface area contributed by atoms with Crippen LogP contribution in [0.15, 0.2) is 170 Å². The SMILES string of the molecule is Cc1cc2c(c3ccccc13)-c1ccc(CCc3ccc4c(c3)c(C)cc3ccccc34)cc1C2(c1ccccc1)c1cccc2ccccc12. The predicted molar refractivity (Wildman–Crippen MR) is 217 cm³/mol. The minimum atomic E-state index is -0.474. The van der Waals surface area contributed by atoms with Gasteiger partial charge in [-0.15, -0.1) is 0 Å². The summed E-state index contributed by atoms with van der Waals surface area (Å²) >= 11 is 0. The summed E-state index contributed by atoms with van der Waals surface area (Å²) in [5, 5.41) is 10.6. The molecule has 51 heavy (non-hydrogen) atoms. The second kappa shape index (κ2) is 11.5. The molecule has 1 aliphatic carbocycles. The molecule has 0 amide bonds. The van der Waals surface area contributed by atoms with Crippen molar-refractivity contribution in [2.75, 3.05) is 0 Å². The zero-order valence-electron chi connectivity index (χ0n) is 29.1. The highest BCUT2D eigenvalue weighted by molar-refractivity contribution is 6.09. The fourth-order valence-corrected chi connectivity index (χ4v) is 9.34. The summed E-state index contributed by atoms with van der Waals surface area (Å²) in [4.78, 5) is 0. The van der Waals surface area contributed by atoms with Crippen molar-refractivity contribution in [2.24, 2.45) is 0 Å². The highest BCUT2D eigenvalue weighted by Gasteiger charge is 2.47. The first-order chi connectivity index (χ1) is 25.1. The van der Waals surface area contributed by atoms with Gasteiger partial charge in [-0.25, -0.2) is 0 Å². The molecule has 0 aliphatic heterocycles. The Labute approximate surface area is 299 Å². The molecule has 0 nitrogen and oxygen atoms in total. The number of hydrogen-bond donors (Lipinski definition) is 0. The molecule has 0 N–H and O–H groups in total. The lowest BCUT2D eigenvalue weighted by Crippen LogP contribution is -2.29. The van der Waals surface area contributed by atoms with Crippen LogP contribution in [0.5, 0.6) is 0 Å². The van der Waals surface area contributed by atoms with E-state index < -0.39 is 5.41 Å². The van der Waals surface area contributed by atoms with Gasteiger partial charge in [0.1, 0.15) is 0 Å². The topological polar surface area (TPSA) is 0 Å². The number of benzene rings is 9. The standard InChI is InChI=1S/C51H38/c1-33-29-38-14-7-8-19-41(38)43-27-25-35(31-46(33)43)23-24-36-26-28-45-48(32-36)51(39-16-4-3-5-17-39,47-22-12-15-37-13-6-9-20-42(37)47)49-30-34(2)40-18-10-11-21-44(40)50(45)49/h3-22,25-32H,23-24H2,1-2H3. The maximum absolute atomic E-state index is 2.55. The van der Waals surface area contributed by atoms with E-state index in [1.807, 2.05) is 0 Å². The molecular formula is C51H38. The third-order valence-electron chi connectivity index (χ3n) is 11.6. The average molecular weight is 651 g/mol. The molecule has 0 radical (unpaired) electrons. The van der Waals surface area contributed by atoms with E-state index in [1.165, 1.54) is 98.7 Å². The van der Waals surface area contributed by atoms with Gasteiger partial charge in [0.15, 0.2) is 0 Å². The van der Waals surface area contributed by atoms with Crippen LogP contribution in [0.3, 0.4) is 0 Å². The summed E-state index contributed by atoms with van der Waals surface area (Å²) in [6, 6.07) is 64.1. The van der Waals surface area contributed by atoms with E-state index in [0.29, 0.717) is 0 Å². The molecule has 0 saturated carbocycles. The van der Waals surface area contributed by atoms with E-state index in [9.17, 15) is 0 Å². The molecule has 0 heterocycles. The van der Waals surface area contributed by atoms with E-state index in [1.54, 1.807) is 0 Å². The molecule has 1 atom stereocenters. The molecule has 0 spiro atoms. The monoisotopic (exact) mass is 650 g/mol. The Kier molecular flexibility index (Phi) is 6.76. The maximum atomic E-state index is 2.55. The Morgan fingerprint density at radius 3 is 1.82 bits per heavy atom. The fraction of sp³-hybridized carbons (Fsp3) is 0.0980. The third-order valence-corrected chi connectivity index (χ3v) is 11.6. The molecule has 0 heteroatoms. The first-order valence-corrected chi connectivity index (χ1v) is 18.2. The second-order valence-electron chi connectivity index (χ2n) is 14.5. The van der Waals surface area contributed by atoms with Crippen molar-refractivity contribution in [1.29, 1.82) is 0 Å². The molecule has 1 aliphatic rings. The molecule has 0 fully saturated rings. The fourth-order valence-electron chi connectivity index (χ4n) is 9.34. The number of hydrogen-bond acceptors (Lipinski definition) is 0. The Bertz CT molecular complexity index is 2820. The van der Waals surface area contributed by atoms with Gasteiger partial charge < -0.3 is 0 Å². The number of rotatable bonds is 5. The number of aryl methyl sites for hydroxylation is 4. The molecule has 0 bridgehead atoms. The Hall–Kier alpha value is -5.98. The van der Waals surface area contributed by atoms with Gasteiger partial charge in [0.05, 0.1) is 5.41 Å². The Morgan fingerprint density at radius 2 is 1.00 bits per heavy atom. The predicted octanol–water partition coefficient (Wildman–Crippen LogP) is 13.1. The van der Waals surface area contributed by atoms with Crippen LogP contribution in [0.25, 0.3) is 54.2 Å². The minimum absolute atomic E-state index is 0.474. The van der Waals surface area contributed by atoms with Crippen molar-refractivity contribution >= 4 is 43.1 Å². The van der Waals surface area contributed by atoms with Crippen LogP contribution in [0, 0.1) is 13.8 Å². The van der Waals surface area contributed by atoms with E-state index in [-0.39, 0.29) is 0 Å². The quantitative estimate of drug-likeness (QED) is 0.163. The molecule has 0 saturated heterocycles. The van der Waals surface area contributed by atoms with Gasteiger partial charge in [0, 0.05) is 0 Å². The average Bonchev–Trinajstić information content (AvgIpc) is 3.47. The summed E-state index contributed by atoms with van der Waals surface area (Å²) in [6.07, 6.45) is 1.96. The van der Waals surface area contributed by atoms with Crippen LogP contribution in [0.4, 0.5) is 0 Å². The third kappa shape index (κ3) is 4.46. The smallest absolute Gasteiger partial charge is 0.0622 e. The molecule has 9 aromatic carbocycles. The van der Waals surface area contributed by atoms with Gasteiger partial charge in [-0.1, -0.05) is 170 Å². The maximum Gasteiger partial charge on any atom is 0.0719 e. The highest BCUT2D eigenvalue weighted by Crippen LogP contribution is 2.59. The van der Waals surface area contributed by atoms with Gasteiger partial charge in [-0.2, -0.15) is 0 Å². The zero-order chi connectivity index (χ0) is 34.1. The van der Waals surface area contributed by atoms with Crippen LogP contribution in [0.2, 0.25) is 0 Å². The Morgan fingerprint density at radius 1 is 0.373 bits per heavy atom.